The summed E-state index contributed by atoms with van der Waals surface area (Å²) in [5.41, 5.74) is 0. The number of hydrogen-bond donors (Lipinski definition) is 0. The summed E-state index contributed by atoms with van der Waals surface area (Å²) in [4.78, 5) is -0.316. The summed E-state index contributed by atoms with van der Waals surface area (Å²) in [5, 5.41) is 0. The average molecular weight is 296 g/mol. The number of rotatable bonds is 4. The Morgan fingerprint density at radius 2 is 0.895 bits per heavy atom. The monoisotopic (exact) mass is 296 g/mol. The fraction of sp³-hybridized carbons (Fsp3) is 0. The molecule has 0 aliphatic rings. The molecule has 7 heteroatoms. The first-order valence-corrected chi connectivity index (χ1v) is 8.14. The first-order valence-electron chi connectivity index (χ1n) is 5.26. The normalized spacial score (nSPS) is 12.2. The van der Waals surface area contributed by atoms with Crippen LogP contribution in [-0.2, 0) is 20.0 Å². The van der Waals surface area contributed by atoms with E-state index >= 15 is 0 Å². The van der Waals surface area contributed by atoms with Crippen LogP contribution < -0.4 is 0 Å². The van der Waals surface area contributed by atoms with E-state index in [0.717, 1.165) is 0 Å². The lowest BCUT2D eigenvalue weighted by Gasteiger charge is -2.20. The summed E-state index contributed by atoms with van der Waals surface area (Å²) in [6, 6.07) is 14.4. The van der Waals surface area contributed by atoms with E-state index in [4.69, 9.17) is 0 Å². The first-order chi connectivity index (χ1) is 8.92. The van der Waals surface area contributed by atoms with Crippen LogP contribution in [-0.4, -0.2) is 16.8 Å². The predicted molar refractivity (Wildman–Crippen MR) is 70.6 cm³/mol. The van der Waals surface area contributed by atoms with Gasteiger partial charge in [0.15, 0.2) is 0 Å². The molecule has 0 saturated carbocycles. The number of sulfonamides is 2. The zero-order valence-electron chi connectivity index (χ0n) is 9.67. The number of benzene rings is 2. The molecule has 0 atom stereocenters. The van der Waals surface area contributed by atoms with E-state index in [2.05, 4.69) is 4.13 Å². The lowest BCUT2D eigenvalue weighted by molar-refractivity contribution is 0.595. The third kappa shape index (κ3) is 3.19. The molecule has 0 amide bonds. The smallest absolute Gasteiger partial charge is 0.112 e. The van der Waals surface area contributed by atoms with Crippen molar-refractivity contribution in [1.29, 1.82) is 0 Å². The molecule has 2 aromatic carbocycles. The highest BCUT2D eigenvalue weighted by Gasteiger charge is 2.12. The standard InChI is InChI=1S/C12H10NO4S2/c14-18(15,11-7-3-1-4-8-11)13-19(16,17)12-9-5-2-6-10-12/h1-10H/q-1. The van der Waals surface area contributed by atoms with Crippen LogP contribution >= 0.6 is 0 Å². The van der Waals surface area contributed by atoms with E-state index in [9.17, 15) is 16.8 Å². The Labute approximate surface area is 112 Å². The molecule has 0 bridgehead atoms. The Hall–Kier alpha value is -1.70. The van der Waals surface area contributed by atoms with Crippen LogP contribution in [0.3, 0.4) is 0 Å². The van der Waals surface area contributed by atoms with Crippen LogP contribution in [0.4, 0.5) is 0 Å². The van der Waals surface area contributed by atoms with Crippen LogP contribution in [0.5, 0.6) is 0 Å². The molecule has 0 N–H and O–H groups in total. The summed E-state index contributed by atoms with van der Waals surface area (Å²) >= 11 is 0. The fourth-order valence-corrected chi connectivity index (χ4v) is 4.12. The SMILES string of the molecule is O=S(=O)([N-]S(=O)(=O)c1ccccc1)c1ccccc1. The van der Waals surface area contributed by atoms with Gasteiger partial charge in [-0.1, -0.05) is 36.4 Å². The van der Waals surface area contributed by atoms with Crippen molar-refractivity contribution in [3.63, 3.8) is 0 Å². The predicted octanol–water partition coefficient (Wildman–Crippen LogP) is 2.14. The maximum atomic E-state index is 11.9. The minimum Gasteiger partial charge on any atom is -0.428 e. The van der Waals surface area contributed by atoms with E-state index in [1.54, 1.807) is 12.1 Å². The van der Waals surface area contributed by atoms with Crippen molar-refractivity contribution in [3.8, 4) is 0 Å². The van der Waals surface area contributed by atoms with Gasteiger partial charge in [0, 0.05) is 9.79 Å². The van der Waals surface area contributed by atoms with Gasteiger partial charge in [-0.05, 0) is 24.3 Å². The Morgan fingerprint density at radius 1 is 0.579 bits per heavy atom. The summed E-state index contributed by atoms with van der Waals surface area (Å²) in [7, 11) is -8.46. The lowest BCUT2D eigenvalue weighted by atomic mass is 10.4. The fourth-order valence-electron chi connectivity index (χ4n) is 1.40. The van der Waals surface area contributed by atoms with Gasteiger partial charge in [0.05, 0.1) is 0 Å². The summed E-state index contributed by atoms with van der Waals surface area (Å²) in [5.74, 6) is 0. The Morgan fingerprint density at radius 3 is 1.21 bits per heavy atom. The highest BCUT2D eigenvalue weighted by molar-refractivity contribution is 8.12. The van der Waals surface area contributed by atoms with Crippen molar-refractivity contribution in [1.82, 2.24) is 0 Å². The van der Waals surface area contributed by atoms with Crippen molar-refractivity contribution in [2.45, 2.75) is 9.79 Å². The molecule has 2 rings (SSSR count). The molecule has 2 aromatic rings. The van der Waals surface area contributed by atoms with Gasteiger partial charge in [-0.25, -0.2) is 16.8 Å². The Kier molecular flexibility index (Phi) is 3.70. The van der Waals surface area contributed by atoms with Gasteiger partial charge < -0.3 is 4.13 Å². The van der Waals surface area contributed by atoms with E-state index < -0.39 is 20.0 Å². The first kappa shape index (κ1) is 13.7. The maximum Gasteiger partial charge on any atom is 0.112 e. The van der Waals surface area contributed by atoms with E-state index in [1.807, 2.05) is 0 Å². The largest absolute Gasteiger partial charge is 0.428 e. The molecule has 100 valence electrons. The van der Waals surface area contributed by atoms with Gasteiger partial charge in [0.1, 0.15) is 20.0 Å². The van der Waals surface area contributed by atoms with E-state index in [-0.39, 0.29) is 9.79 Å². The molecule has 0 fully saturated rings. The summed E-state index contributed by atoms with van der Waals surface area (Å²) in [6.45, 7) is 0. The molecule has 0 heterocycles. The number of hydrogen-bond acceptors (Lipinski definition) is 4. The lowest BCUT2D eigenvalue weighted by Crippen LogP contribution is -2.07. The Balaban J connectivity index is 2.37. The second kappa shape index (κ2) is 5.12. The van der Waals surface area contributed by atoms with Gasteiger partial charge >= 0.3 is 0 Å². The van der Waals surface area contributed by atoms with E-state index in [0.29, 0.717) is 0 Å². The minimum absolute atomic E-state index is 0.158. The molecule has 0 unspecified atom stereocenters. The molecule has 19 heavy (non-hydrogen) atoms. The van der Waals surface area contributed by atoms with E-state index in [1.165, 1.54) is 48.5 Å². The van der Waals surface area contributed by atoms with Gasteiger partial charge in [-0.15, -0.1) is 0 Å². The molecule has 0 radical (unpaired) electrons. The second-order valence-corrected chi connectivity index (χ2v) is 7.09. The quantitative estimate of drug-likeness (QED) is 0.865. The molecule has 0 spiro atoms. The molecule has 0 aromatic heterocycles. The highest BCUT2D eigenvalue weighted by Crippen LogP contribution is 2.25. The third-order valence-electron chi connectivity index (χ3n) is 2.28. The molecular weight excluding hydrogens is 286 g/mol. The summed E-state index contributed by atoms with van der Waals surface area (Å²) < 4.78 is 50.5. The maximum absolute atomic E-state index is 11.9. The second-order valence-electron chi connectivity index (χ2n) is 3.65. The molecular formula is C12H10NO4S2-. The Bertz CT molecular complexity index is 686. The highest BCUT2D eigenvalue weighted by atomic mass is 32.3. The van der Waals surface area contributed by atoms with Crippen molar-refractivity contribution in [2.75, 3.05) is 0 Å². The molecule has 0 aliphatic carbocycles. The van der Waals surface area contributed by atoms with Crippen molar-refractivity contribution in [3.05, 3.63) is 64.8 Å². The number of nitrogens with zero attached hydrogens (tertiary/aromatic N) is 1. The van der Waals surface area contributed by atoms with Gasteiger partial charge in [-0.3, -0.25) is 0 Å². The van der Waals surface area contributed by atoms with Gasteiger partial charge in [0.2, 0.25) is 0 Å². The van der Waals surface area contributed by atoms with Crippen LogP contribution in [0.2, 0.25) is 0 Å². The van der Waals surface area contributed by atoms with Crippen LogP contribution in [0.15, 0.2) is 70.5 Å². The van der Waals surface area contributed by atoms with Crippen molar-refractivity contribution < 1.29 is 16.8 Å². The van der Waals surface area contributed by atoms with Gasteiger partial charge in [-0.2, -0.15) is 0 Å². The van der Waals surface area contributed by atoms with Gasteiger partial charge in [0.25, 0.3) is 0 Å². The zero-order valence-corrected chi connectivity index (χ0v) is 11.3. The summed E-state index contributed by atoms with van der Waals surface area (Å²) in [6.07, 6.45) is 0. The molecule has 0 saturated heterocycles. The van der Waals surface area contributed by atoms with Crippen molar-refractivity contribution >= 4 is 20.0 Å². The van der Waals surface area contributed by atoms with Crippen LogP contribution in [0.25, 0.3) is 4.13 Å². The third-order valence-corrected chi connectivity index (χ3v) is 5.58. The zero-order chi connectivity index (χ0) is 13.9. The van der Waals surface area contributed by atoms with Crippen LogP contribution in [0.1, 0.15) is 0 Å². The molecule has 0 aliphatic heterocycles. The van der Waals surface area contributed by atoms with Crippen LogP contribution in [0, 0.1) is 0 Å². The minimum atomic E-state index is -4.23. The van der Waals surface area contributed by atoms with Crippen molar-refractivity contribution in [2.24, 2.45) is 0 Å². The molecule has 5 nitrogen and oxygen atoms in total. The topological polar surface area (TPSA) is 82.4 Å². The average Bonchev–Trinajstić information content (AvgIpc) is 2.40.